The molecule has 13 heavy (non-hydrogen) atoms. The van der Waals surface area contributed by atoms with Crippen LogP contribution in [0.1, 0.15) is 10.4 Å². The number of carbonyl (C=O) groups is 1. The average molecular weight is 178 g/mol. The second-order valence-corrected chi connectivity index (χ2v) is 2.91. The van der Waals surface area contributed by atoms with Crippen LogP contribution in [0.3, 0.4) is 0 Å². The summed E-state index contributed by atoms with van der Waals surface area (Å²) in [6, 6.07) is 3.47. The summed E-state index contributed by atoms with van der Waals surface area (Å²) in [5, 5.41) is 2.76. The fraction of sp³-hybridized carbons (Fsp3) is 0.333. The van der Waals surface area contributed by atoms with Crippen LogP contribution < -0.4 is 5.32 Å². The molecule has 0 unspecified atom stereocenters. The molecule has 0 aromatic carbocycles. The van der Waals surface area contributed by atoms with Crippen molar-refractivity contribution in [2.45, 2.75) is 6.10 Å². The van der Waals surface area contributed by atoms with Crippen molar-refractivity contribution in [3.63, 3.8) is 0 Å². The van der Waals surface area contributed by atoms with Crippen molar-refractivity contribution in [2.24, 2.45) is 0 Å². The molecule has 4 heteroatoms. The minimum Gasteiger partial charge on any atom is -0.371 e. The molecule has 1 N–H and O–H groups in total. The molecule has 1 aromatic heterocycles. The number of nitrogens with one attached hydrogen (secondary N) is 1. The molecule has 1 atom stereocenters. The molecule has 0 spiro atoms. The number of pyridine rings is 1. The first-order valence-corrected chi connectivity index (χ1v) is 4.16. The molecule has 0 radical (unpaired) electrons. The van der Waals surface area contributed by atoms with Crippen molar-refractivity contribution in [3.8, 4) is 0 Å². The maximum absolute atomic E-state index is 11.4. The van der Waals surface area contributed by atoms with Crippen LogP contribution in [0.15, 0.2) is 24.5 Å². The predicted molar refractivity (Wildman–Crippen MR) is 46.3 cm³/mol. The lowest BCUT2D eigenvalue weighted by Crippen LogP contribution is -2.27. The highest BCUT2D eigenvalue weighted by atomic mass is 16.6. The van der Waals surface area contributed by atoms with Crippen LogP contribution in [-0.2, 0) is 4.74 Å². The van der Waals surface area contributed by atoms with Gasteiger partial charge in [-0.15, -0.1) is 0 Å². The van der Waals surface area contributed by atoms with Gasteiger partial charge < -0.3 is 10.1 Å². The third kappa shape index (κ3) is 2.26. The molecule has 1 amide bonds. The van der Waals surface area contributed by atoms with Crippen LogP contribution in [0.5, 0.6) is 0 Å². The molecule has 1 aromatic rings. The Morgan fingerprint density at radius 3 is 3.23 bits per heavy atom. The summed E-state index contributed by atoms with van der Waals surface area (Å²) in [5.74, 6) is -0.0939. The van der Waals surface area contributed by atoms with Crippen LogP contribution in [0.4, 0.5) is 0 Å². The Bertz CT molecular complexity index is 296. The first kappa shape index (κ1) is 8.19. The lowest BCUT2D eigenvalue weighted by molar-refractivity contribution is 0.0950. The van der Waals surface area contributed by atoms with E-state index in [0.29, 0.717) is 12.1 Å². The lowest BCUT2D eigenvalue weighted by Gasteiger charge is -2.01. The number of carbonyl (C=O) groups excluding carboxylic acids is 1. The second kappa shape index (κ2) is 3.53. The summed E-state index contributed by atoms with van der Waals surface area (Å²) >= 11 is 0. The molecule has 2 rings (SSSR count). The SMILES string of the molecule is O=C(NC[C@@H]1CO1)c1cccnc1. The Morgan fingerprint density at radius 2 is 2.62 bits per heavy atom. The molecule has 1 aliphatic heterocycles. The van der Waals surface area contributed by atoms with Crippen LogP contribution in [0, 0.1) is 0 Å². The van der Waals surface area contributed by atoms with Crippen molar-refractivity contribution < 1.29 is 9.53 Å². The van der Waals surface area contributed by atoms with Gasteiger partial charge in [-0.2, -0.15) is 0 Å². The van der Waals surface area contributed by atoms with Crippen LogP contribution >= 0.6 is 0 Å². The van der Waals surface area contributed by atoms with Crippen LogP contribution in [-0.4, -0.2) is 30.1 Å². The van der Waals surface area contributed by atoms with Gasteiger partial charge in [0.1, 0.15) is 0 Å². The molecule has 1 aliphatic rings. The zero-order chi connectivity index (χ0) is 9.10. The van der Waals surface area contributed by atoms with Gasteiger partial charge in [0.05, 0.1) is 18.3 Å². The highest BCUT2D eigenvalue weighted by Crippen LogP contribution is 2.06. The third-order valence-corrected chi connectivity index (χ3v) is 1.82. The van der Waals surface area contributed by atoms with Gasteiger partial charge in [0, 0.05) is 18.9 Å². The molecule has 1 fully saturated rings. The Labute approximate surface area is 75.9 Å². The summed E-state index contributed by atoms with van der Waals surface area (Å²) in [4.78, 5) is 15.2. The summed E-state index contributed by atoms with van der Waals surface area (Å²) in [6.07, 6.45) is 3.41. The van der Waals surface area contributed by atoms with Crippen molar-refractivity contribution in [3.05, 3.63) is 30.1 Å². The summed E-state index contributed by atoms with van der Waals surface area (Å²) < 4.78 is 4.96. The van der Waals surface area contributed by atoms with Crippen molar-refractivity contribution in [1.82, 2.24) is 10.3 Å². The Kier molecular flexibility index (Phi) is 2.23. The number of nitrogens with zero attached hydrogens (tertiary/aromatic N) is 1. The predicted octanol–water partition coefficient (Wildman–Crippen LogP) is 0.210. The summed E-state index contributed by atoms with van der Waals surface area (Å²) in [6.45, 7) is 1.35. The number of hydrogen-bond acceptors (Lipinski definition) is 3. The maximum Gasteiger partial charge on any atom is 0.252 e. The molecule has 0 bridgehead atoms. The molecule has 0 aliphatic carbocycles. The van der Waals surface area contributed by atoms with E-state index in [-0.39, 0.29) is 12.0 Å². The number of aromatic nitrogens is 1. The van der Waals surface area contributed by atoms with Gasteiger partial charge in [-0.3, -0.25) is 9.78 Å². The minimum absolute atomic E-state index is 0.0939. The monoisotopic (exact) mass is 178 g/mol. The van der Waals surface area contributed by atoms with E-state index in [0.717, 1.165) is 6.61 Å². The van der Waals surface area contributed by atoms with E-state index in [2.05, 4.69) is 10.3 Å². The fourth-order valence-electron chi connectivity index (χ4n) is 0.992. The van der Waals surface area contributed by atoms with Gasteiger partial charge in [-0.25, -0.2) is 0 Å². The standard InChI is InChI=1S/C9H10N2O2/c12-9(11-5-8-6-13-8)7-2-1-3-10-4-7/h1-4,8H,5-6H2,(H,11,12)/t8-/m1/s1. The van der Waals surface area contributed by atoms with Gasteiger partial charge in [0.15, 0.2) is 0 Å². The highest BCUT2D eigenvalue weighted by molar-refractivity contribution is 5.93. The normalized spacial score (nSPS) is 19.5. The van der Waals surface area contributed by atoms with Crippen molar-refractivity contribution in [2.75, 3.05) is 13.2 Å². The van der Waals surface area contributed by atoms with Gasteiger partial charge in [-0.1, -0.05) is 0 Å². The van der Waals surface area contributed by atoms with Gasteiger partial charge in [-0.05, 0) is 12.1 Å². The topological polar surface area (TPSA) is 54.5 Å². The zero-order valence-electron chi connectivity index (χ0n) is 7.06. The molecule has 1 saturated heterocycles. The number of amides is 1. The quantitative estimate of drug-likeness (QED) is 0.673. The zero-order valence-corrected chi connectivity index (χ0v) is 7.06. The third-order valence-electron chi connectivity index (χ3n) is 1.82. The van der Waals surface area contributed by atoms with E-state index in [4.69, 9.17) is 4.74 Å². The minimum atomic E-state index is -0.0939. The van der Waals surface area contributed by atoms with Crippen molar-refractivity contribution >= 4 is 5.91 Å². The lowest BCUT2D eigenvalue weighted by atomic mass is 10.2. The largest absolute Gasteiger partial charge is 0.371 e. The fourth-order valence-corrected chi connectivity index (χ4v) is 0.992. The van der Waals surface area contributed by atoms with E-state index in [1.54, 1.807) is 24.5 Å². The maximum atomic E-state index is 11.4. The smallest absolute Gasteiger partial charge is 0.252 e. The van der Waals surface area contributed by atoms with Crippen LogP contribution in [0.25, 0.3) is 0 Å². The Balaban J connectivity index is 1.89. The molecule has 0 saturated carbocycles. The first-order chi connectivity index (χ1) is 6.36. The molecular formula is C9H10N2O2. The van der Waals surface area contributed by atoms with Crippen LogP contribution in [0.2, 0.25) is 0 Å². The number of rotatable bonds is 3. The molecule has 68 valence electrons. The number of hydrogen-bond donors (Lipinski definition) is 1. The van der Waals surface area contributed by atoms with Crippen molar-refractivity contribution in [1.29, 1.82) is 0 Å². The van der Waals surface area contributed by atoms with E-state index in [1.807, 2.05) is 0 Å². The number of epoxide rings is 1. The van der Waals surface area contributed by atoms with E-state index < -0.39 is 0 Å². The summed E-state index contributed by atoms with van der Waals surface area (Å²) in [5.41, 5.74) is 0.586. The van der Waals surface area contributed by atoms with E-state index in [1.165, 1.54) is 0 Å². The summed E-state index contributed by atoms with van der Waals surface area (Å²) in [7, 11) is 0. The Hall–Kier alpha value is -1.42. The van der Waals surface area contributed by atoms with Gasteiger partial charge in [0.25, 0.3) is 5.91 Å². The van der Waals surface area contributed by atoms with Gasteiger partial charge in [0.2, 0.25) is 0 Å². The molecular weight excluding hydrogens is 168 g/mol. The number of ether oxygens (including phenoxy) is 1. The highest BCUT2D eigenvalue weighted by Gasteiger charge is 2.22. The molecule has 2 heterocycles. The van der Waals surface area contributed by atoms with Gasteiger partial charge >= 0.3 is 0 Å². The van der Waals surface area contributed by atoms with E-state index in [9.17, 15) is 4.79 Å². The Morgan fingerprint density at radius 1 is 1.77 bits per heavy atom. The molecule has 4 nitrogen and oxygen atoms in total. The first-order valence-electron chi connectivity index (χ1n) is 4.16. The van der Waals surface area contributed by atoms with E-state index >= 15 is 0 Å². The second-order valence-electron chi connectivity index (χ2n) is 2.91. The average Bonchev–Trinajstić information content (AvgIpc) is 2.99.